The molecule has 0 radical (unpaired) electrons. The predicted molar refractivity (Wildman–Crippen MR) is 116 cm³/mol. The first-order valence-electron chi connectivity index (χ1n) is 11.1. The van der Waals surface area contributed by atoms with Crippen LogP contribution < -0.4 is 0 Å². The zero-order chi connectivity index (χ0) is 22.2. The molecule has 0 rings (SSSR count). The van der Waals surface area contributed by atoms with Crippen LogP contribution in [0.25, 0.3) is 0 Å². The van der Waals surface area contributed by atoms with Gasteiger partial charge in [0, 0.05) is 0 Å². The van der Waals surface area contributed by atoms with Gasteiger partial charge in [-0.3, -0.25) is 0 Å². The van der Waals surface area contributed by atoms with Crippen molar-refractivity contribution in [2.24, 2.45) is 21.7 Å². The summed E-state index contributed by atoms with van der Waals surface area (Å²) in [5, 5.41) is 0. The fourth-order valence-electron chi connectivity index (χ4n) is 2.71. The van der Waals surface area contributed by atoms with Gasteiger partial charge in [-0.1, -0.05) is 68.2 Å². The van der Waals surface area contributed by atoms with Gasteiger partial charge in [0.2, 0.25) is 0 Å². The molecule has 0 heterocycles. The fourth-order valence-corrected chi connectivity index (χ4v) is 2.71. The van der Waals surface area contributed by atoms with E-state index in [0.29, 0.717) is 12.8 Å². The molecule has 2 atom stereocenters. The molecular weight excluding hydrogens is 352 g/mol. The molecule has 0 aromatic rings. The maximum atomic E-state index is 12.7. The van der Waals surface area contributed by atoms with Crippen molar-refractivity contribution < 1.29 is 19.4 Å². The van der Waals surface area contributed by atoms with E-state index >= 15 is 0 Å². The molecule has 0 aliphatic rings. The highest BCUT2D eigenvalue weighted by molar-refractivity contribution is 5.79. The van der Waals surface area contributed by atoms with Gasteiger partial charge in [0.05, 0.1) is 10.8 Å². The molecule has 2 unspecified atom stereocenters. The average Bonchev–Trinajstić information content (AvgIpc) is 2.68. The average molecular weight is 399 g/mol. The van der Waals surface area contributed by atoms with E-state index in [4.69, 9.17) is 9.78 Å². The van der Waals surface area contributed by atoms with Crippen molar-refractivity contribution in [1.82, 2.24) is 0 Å². The summed E-state index contributed by atoms with van der Waals surface area (Å²) in [6.45, 7) is 20.9. The highest BCUT2D eigenvalue weighted by Gasteiger charge is 2.39. The predicted octanol–water partition coefficient (Wildman–Crippen LogP) is 7.25. The van der Waals surface area contributed by atoms with E-state index in [1.165, 1.54) is 0 Å². The highest BCUT2D eigenvalue weighted by atomic mass is 17.2. The van der Waals surface area contributed by atoms with Gasteiger partial charge in [-0.25, -0.2) is 19.4 Å². The van der Waals surface area contributed by atoms with Crippen LogP contribution in [0.3, 0.4) is 0 Å². The quantitative estimate of drug-likeness (QED) is 0.256. The van der Waals surface area contributed by atoms with Crippen LogP contribution in [0.2, 0.25) is 0 Å². The molecule has 0 saturated heterocycles. The van der Waals surface area contributed by atoms with Crippen molar-refractivity contribution in [3.63, 3.8) is 0 Å². The van der Waals surface area contributed by atoms with Gasteiger partial charge in [0.15, 0.2) is 0 Å². The largest absolute Gasteiger partial charge is 0.361 e. The third-order valence-corrected chi connectivity index (χ3v) is 7.36. The number of carbonyl (C=O) groups is 2. The number of carbonyl (C=O) groups excluding carboxylic acids is 2. The van der Waals surface area contributed by atoms with Gasteiger partial charge >= 0.3 is 11.9 Å². The maximum Gasteiger partial charge on any atom is 0.361 e. The molecule has 0 aliphatic heterocycles. The molecule has 0 bridgehead atoms. The Hall–Kier alpha value is -1.06. The third kappa shape index (κ3) is 8.13. The maximum absolute atomic E-state index is 12.7. The minimum absolute atomic E-state index is 0.181. The second-order valence-electron chi connectivity index (χ2n) is 10.6. The molecule has 0 N–H and O–H groups in total. The lowest BCUT2D eigenvalue weighted by Crippen LogP contribution is -2.35. The van der Waals surface area contributed by atoms with E-state index in [2.05, 4.69) is 41.5 Å². The Morgan fingerprint density at radius 2 is 0.821 bits per heavy atom. The second-order valence-corrected chi connectivity index (χ2v) is 10.6. The van der Waals surface area contributed by atoms with E-state index in [9.17, 15) is 9.59 Å². The Morgan fingerprint density at radius 3 is 1.04 bits per heavy atom. The minimum Gasteiger partial charge on any atom is -0.247 e. The Morgan fingerprint density at radius 1 is 0.536 bits per heavy atom. The smallest absolute Gasteiger partial charge is 0.247 e. The van der Waals surface area contributed by atoms with Crippen LogP contribution in [0, 0.1) is 21.7 Å². The lowest BCUT2D eigenvalue weighted by atomic mass is 9.75. The van der Waals surface area contributed by atoms with Crippen molar-refractivity contribution in [3.05, 3.63) is 0 Å². The summed E-state index contributed by atoms with van der Waals surface area (Å²) in [6.07, 6.45) is 6.70. The first-order valence-corrected chi connectivity index (χ1v) is 11.1. The third-order valence-electron chi connectivity index (χ3n) is 7.36. The summed E-state index contributed by atoms with van der Waals surface area (Å²) in [6, 6.07) is 0. The van der Waals surface area contributed by atoms with Gasteiger partial charge in [-0.05, 0) is 63.2 Å². The molecule has 0 aliphatic carbocycles. The molecule has 0 saturated carbocycles. The summed E-state index contributed by atoms with van der Waals surface area (Å²) in [5.74, 6) is -0.884. The van der Waals surface area contributed by atoms with Gasteiger partial charge < -0.3 is 0 Å². The molecule has 4 nitrogen and oxygen atoms in total. The van der Waals surface area contributed by atoms with Crippen molar-refractivity contribution >= 4 is 11.9 Å². The van der Waals surface area contributed by atoms with Crippen LogP contribution >= 0.6 is 0 Å². The van der Waals surface area contributed by atoms with Crippen LogP contribution in [0.4, 0.5) is 0 Å². The number of rotatable bonds is 12. The molecule has 0 aromatic heterocycles. The van der Waals surface area contributed by atoms with Crippen LogP contribution in [0.15, 0.2) is 0 Å². The number of hydrogen-bond donors (Lipinski definition) is 0. The fraction of sp³-hybridized carbons (Fsp3) is 0.917. The zero-order valence-electron chi connectivity index (χ0n) is 20.3. The van der Waals surface area contributed by atoms with Crippen molar-refractivity contribution in [2.45, 2.75) is 121 Å². The van der Waals surface area contributed by atoms with Crippen molar-refractivity contribution in [2.75, 3.05) is 0 Å². The standard InChI is InChI=1S/C24H46O4/c1-11-21(5,6)15-17-23(9,13-3)19(25)27-28-20(26)24(10,14-4)18-16-22(7,8)12-2/h11-18H2,1-10H3. The van der Waals surface area contributed by atoms with Gasteiger partial charge in [-0.2, -0.15) is 0 Å². The minimum atomic E-state index is -0.639. The molecule has 0 fully saturated rings. The summed E-state index contributed by atoms with van der Waals surface area (Å²) in [7, 11) is 0. The summed E-state index contributed by atoms with van der Waals surface area (Å²) in [4.78, 5) is 35.5. The molecule has 0 spiro atoms. The Balaban J connectivity index is 4.92. The van der Waals surface area contributed by atoms with Gasteiger partial charge in [0.25, 0.3) is 0 Å². The van der Waals surface area contributed by atoms with Crippen LogP contribution in [-0.4, -0.2) is 11.9 Å². The summed E-state index contributed by atoms with van der Waals surface area (Å²) in [5.41, 5.74) is -0.917. The van der Waals surface area contributed by atoms with E-state index in [1.54, 1.807) is 0 Å². The van der Waals surface area contributed by atoms with Crippen LogP contribution in [-0.2, 0) is 19.4 Å². The monoisotopic (exact) mass is 398 g/mol. The van der Waals surface area contributed by atoms with Crippen molar-refractivity contribution in [1.29, 1.82) is 0 Å². The topological polar surface area (TPSA) is 52.6 Å². The number of hydrogen-bond acceptors (Lipinski definition) is 4. The molecule has 0 amide bonds. The Kier molecular flexibility index (Phi) is 10.2. The van der Waals surface area contributed by atoms with Crippen LogP contribution in [0.1, 0.15) is 121 Å². The summed E-state index contributed by atoms with van der Waals surface area (Å²) >= 11 is 0. The molecule has 4 heteroatoms. The summed E-state index contributed by atoms with van der Waals surface area (Å²) < 4.78 is 0. The molecule has 0 aromatic carbocycles. The molecule has 28 heavy (non-hydrogen) atoms. The molecular formula is C24H46O4. The van der Waals surface area contributed by atoms with Crippen LogP contribution in [0.5, 0.6) is 0 Å². The van der Waals surface area contributed by atoms with E-state index in [-0.39, 0.29) is 10.8 Å². The SMILES string of the molecule is CCC(C)(C)CCC(C)(CC)C(=O)OOC(=O)C(C)(CC)CCC(C)(C)CC. The van der Waals surface area contributed by atoms with Crippen molar-refractivity contribution in [3.8, 4) is 0 Å². The highest BCUT2D eigenvalue weighted by Crippen LogP contribution is 2.38. The van der Waals surface area contributed by atoms with E-state index < -0.39 is 22.8 Å². The normalized spacial score (nSPS) is 16.8. The first kappa shape index (κ1) is 26.9. The van der Waals surface area contributed by atoms with E-state index in [0.717, 1.165) is 38.5 Å². The molecule has 166 valence electrons. The second kappa shape index (κ2) is 10.6. The van der Waals surface area contributed by atoms with Gasteiger partial charge in [-0.15, -0.1) is 0 Å². The van der Waals surface area contributed by atoms with Gasteiger partial charge in [0.1, 0.15) is 0 Å². The zero-order valence-corrected chi connectivity index (χ0v) is 20.3. The Labute approximate surface area is 174 Å². The first-order chi connectivity index (χ1) is 12.7. The lowest BCUT2D eigenvalue weighted by Gasteiger charge is -2.32. The lowest BCUT2D eigenvalue weighted by molar-refractivity contribution is -0.273. The Bertz CT molecular complexity index is 463. The van der Waals surface area contributed by atoms with E-state index in [1.807, 2.05) is 27.7 Å².